The van der Waals surface area contributed by atoms with Crippen molar-refractivity contribution in [2.75, 3.05) is 45.1 Å². The van der Waals surface area contributed by atoms with Crippen molar-refractivity contribution in [1.29, 1.82) is 0 Å². The predicted octanol–water partition coefficient (Wildman–Crippen LogP) is 8.30. The largest absolute Gasteiger partial charge is 0.462 e. The maximum absolute atomic E-state index is 12.1. The van der Waals surface area contributed by atoms with Crippen LogP contribution in [0.3, 0.4) is 0 Å². The first-order valence-electron chi connectivity index (χ1n) is 16.3. The van der Waals surface area contributed by atoms with Crippen molar-refractivity contribution in [3.05, 3.63) is 38.4 Å². The van der Waals surface area contributed by atoms with Crippen molar-refractivity contribution in [3.63, 3.8) is 0 Å². The molecule has 2 saturated heterocycles. The standard InChI is InChI=1S/C17H26N2O4S.C17H25NO4S.CH4/c1-5-22-15(20)12-10-13(24-14(12)18)11-6-8-19(9-7-11)16(21)23-17(2,3)4;1-5-21-15(19)13-10-14(23-11-13)12-6-8-18(9-7-12)16(20)22-17(2,3)4;/h10-11H,5-9,18H2,1-4H3;10-12H,5-9H2,1-4H3;1H4. The molecule has 11 nitrogen and oxygen atoms in total. The SMILES string of the molecule is C.CCOC(=O)c1cc(C2CCN(C(=O)OC(C)(C)C)CC2)sc1N.CCOC(=O)c1csc(C2CCN(C(=O)OC(C)(C)C)CC2)c1. The van der Waals surface area contributed by atoms with E-state index < -0.39 is 11.2 Å². The molecule has 0 saturated carbocycles. The topological polar surface area (TPSA) is 138 Å². The van der Waals surface area contributed by atoms with Gasteiger partial charge in [0.1, 0.15) is 16.2 Å². The quantitative estimate of drug-likeness (QED) is 0.232. The van der Waals surface area contributed by atoms with E-state index in [9.17, 15) is 19.2 Å². The minimum Gasteiger partial charge on any atom is -0.462 e. The Morgan fingerprint density at radius 3 is 1.62 bits per heavy atom. The van der Waals surface area contributed by atoms with Crippen molar-refractivity contribution in [3.8, 4) is 0 Å². The molecule has 2 aromatic heterocycles. The molecule has 2 amide bonds. The monoisotopic (exact) mass is 709 g/mol. The summed E-state index contributed by atoms with van der Waals surface area (Å²) in [5.74, 6) is 0.0610. The molecule has 270 valence electrons. The lowest BCUT2D eigenvalue weighted by atomic mass is 9.95. The van der Waals surface area contributed by atoms with E-state index in [4.69, 9.17) is 24.7 Å². The van der Waals surface area contributed by atoms with E-state index in [1.165, 1.54) is 16.2 Å². The number of carbonyl (C=O) groups excluding carboxylic acids is 4. The molecule has 0 radical (unpaired) electrons. The number of nitrogens with zero attached hydrogens (tertiary/aromatic N) is 2. The van der Waals surface area contributed by atoms with Crippen molar-refractivity contribution >= 4 is 51.8 Å². The number of carbonyl (C=O) groups is 4. The van der Waals surface area contributed by atoms with Crippen molar-refractivity contribution in [2.24, 2.45) is 0 Å². The minimum absolute atomic E-state index is 0. The van der Waals surface area contributed by atoms with E-state index in [1.54, 1.807) is 35.0 Å². The number of anilines is 1. The van der Waals surface area contributed by atoms with E-state index >= 15 is 0 Å². The summed E-state index contributed by atoms with van der Waals surface area (Å²) in [7, 11) is 0. The molecule has 48 heavy (non-hydrogen) atoms. The molecule has 0 aromatic carbocycles. The van der Waals surface area contributed by atoms with Crippen LogP contribution in [0, 0.1) is 0 Å². The van der Waals surface area contributed by atoms with E-state index in [1.807, 2.05) is 59.1 Å². The van der Waals surface area contributed by atoms with Gasteiger partial charge in [-0.3, -0.25) is 0 Å². The summed E-state index contributed by atoms with van der Waals surface area (Å²) in [6.07, 6.45) is 2.95. The Labute approximate surface area is 294 Å². The van der Waals surface area contributed by atoms with Gasteiger partial charge in [0, 0.05) is 41.3 Å². The van der Waals surface area contributed by atoms with Crippen molar-refractivity contribution < 1.29 is 38.1 Å². The summed E-state index contributed by atoms with van der Waals surface area (Å²) in [6.45, 7) is 18.2. The lowest BCUT2D eigenvalue weighted by molar-refractivity contribution is 0.0195. The lowest BCUT2D eigenvalue weighted by Crippen LogP contribution is -2.41. The molecule has 2 aliphatic rings. The molecule has 2 N–H and O–H groups in total. The Morgan fingerprint density at radius 2 is 1.19 bits per heavy atom. The van der Waals surface area contributed by atoms with E-state index in [0.717, 1.165) is 30.6 Å². The zero-order valence-corrected chi connectivity index (χ0v) is 30.6. The summed E-state index contributed by atoms with van der Waals surface area (Å²) < 4.78 is 20.9. The third-order valence-corrected chi connectivity index (χ3v) is 9.73. The van der Waals surface area contributed by atoms with E-state index in [2.05, 4.69) is 0 Å². The van der Waals surface area contributed by atoms with Crippen LogP contribution in [0.4, 0.5) is 14.6 Å². The Bertz CT molecular complexity index is 1360. The number of thiophene rings is 2. The first-order chi connectivity index (χ1) is 22.0. The van der Waals surface area contributed by atoms with Crippen LogP contribution in [0.2, 0.25) is 0 Å². The molecule has 2 aliphatic heterocycles. The molecule has 0 bridgehead atoms. The normalized spacial score (nSPS) is 15.8. The maximum Gasteiger partial charge on any atom is 0.410 e. The fourth-order valence-electron chi connectivity index (χ4n) is 5.23. The summed E-state index contributed by atoms with van der Waals surface area (Å²) in [6, 6.07) is 3.77. The van der Waals surface area contributed by atoms with Crippen LogP contribution in [0.25, 0.3) is 0 Å². The van der Waals surface area contributed by atoms with E-state index in [-0.39, 0.29) is 31.6 Å². The second-order valence-electron chi connectivity index (χ2n) is 13.6. The van der Waals surface area contributed by atoms with Gasteiger partial charge in [0.05, 0.1) is 24.3 Å². The van der Waals surface area contributed by atoms with Crippen molar-refractivity contribution in [1.82, 2.24) is 9.80 Å². The summed E-state index contributed by atoms with van der Waals surface area (Å²) in [4.78, 5) is 53.6. The highest BCUT2D eigenvalue weighted by Gasteiger charge is 2.30. The van der Waals surface area contributed by atoms with Gasteiger partial charge in [0.15, 0.2) is 0 Å². The van der Waals surface area contributed by atoms with Gasteiger partial charge in [0.2, 0.25) is 0 Å². The fraction of sp³-hybridized carbons (Fsp3) is 0.657. The highest BCUT2D eigenvalue weighted by molar-refractivity contribution is 7.16. The number of ether oxygens (including phenoxy) is 4. The first-order valence-corrected chi connectivity index (χ1v) is 18.0. The van der Waals surface area contributed by atoms with E-state index in [0.29, 0.717) is 67.4 Å². The van der Waals surface area contributed by atoms with Gasteiger partial charge in [-0.05, 0) is 105 Å². The Balaban J connectivity index is 0.000000327. The first kappa shape index (κ1) is 40.9. The average molecular weight is 710 g/mol. The number of nitrogen functional groups attached to an aromatic ring is 1. The fourth-order valence-corrected chi connectivity index (χ4v) is 7.36. The molecule has 4 rings (SSSR count). The zero-order chi connectivity index (χ0) is 34.9. The van der Waals surface area contributed by atoms with Gasteiger partial charge < -0.3 is 34.5 Å². The summed E-state index contributed by atoms with van der Waals surface area (Å²) in [5.41, 5.74) is 6.09. The van der Waals surface area contributed by atoms with Crippen LogP contribution in [-0.2, 0) is 18.9 Å². The molecule has 0 spiro atoms. The predicted molar refractivity (Wildman–Crippen MR) is 191 cm³/mol. The molecule has 2 aromatic rings. The molecule has 13 heteroatoms. The van der Waals surface area contributed by atoms with Gasteiger partial charge >= 0.3 is 24.1 Å². The summed E-state index contributed by atoms with van der Waals surface area (Å²) in [5, 5.41) is 2.35. The van der Waals surface area contributed by atoms with Gasteiger partial charge in [0.25, 0.3) is 0 Å². The van der Waals surface area contributed by atoms with Gasteiger partial charge in [-0.2, -0.15) is 0 Å². The van der Waals surface area contributed by atoms with Gasteiger partial charge in [-0.1, -0.05) is 7.43 Å². The number of esters is 2. The zero-order valence-electron chi connectivity index (χ0n) is 29.0. The number of likely N-dealkylation sites (tertiary alicyclic amines) is 2. The second kappa shape index (κ2) is 17.9. The van der Waals surface area contributed by atoms with Gasteiger partial charge in [-0.15, -0.1) is 22.7 Å². The van der Waals surface area contributed by atoms with Crippen LogP contribution < -0.4 is 5.73 Å². The minimum atomic E-state index is -0.481. The van der Waals surface area contributed by atoms with Crippen LogP contribution in [0.1, 0.15) is 131 Å². The molecule has 0 unspecified atom stereocenters. The van der Waals surface area contributed by atoms with Crippen LogP contribution in [0.15, 0.2) is 17.5 Å². The number of amides is 2. The molecule has 0 atom stereocenters. The number of piperidine rings is 2. The van der Waals surface area contributed by atoms with Crippen LogP contribution in [-0.4, -0.2) is 84.5 Å². The third kappa shape index (κ3) is 12.3. The van der Waals surface area contributed by atoms with Gasteiger partial charge in [-0.25, -0.2) is 19.2 Å². The van der Waals surface area contributed by atoms with Crippen LogP contribution >= 0.6 is 22.7 Å². The molecule has 4 heterocycles. The number of nitrogens with two attached hydrogens (primary N) is 1. The number of hydrogen-bond acceptors (Lipinski definition) is 11. The highest BCUT2D eigenvalue weighted by Crippen LogP contribution is 2.37. The number of hydrogen-bond donors (Lipinski definition) is 1. The maximum atomic E-state index is 12.1. The smallest absolute Gasteiger partial charge is 0.410 e. The van der Waals surface area contributed by atoms with Crippen LogP contribution in [0.5, 0.6) is 0 Å². The Kier molecular flexibility index (Phi) is 15.2. The van der Waals surface area contributed by atoms with Crippen molar-refractivity contribution in [2.45, 2.75) is 112 Å². The Hall–Kier alpha value is -3.32. The third-order valence-electron chi connectivity index (χ3n) is 7.50. The molecular weight excluding hydrogens is 655 g/mol. The second-order valence-corrected chi connectivity index (χ2v) is 15.6. The lowest BCUT2D eigenvalue weighted by Gasteiger charge is -2.33. The average Bonchev–Trinajstić information content (AvgIpc) is 3.64. The number of rotatable bonds is 6. The summed E-state index contributed by atoms with van der Waals surface area (Å²) >= 11 is 3.03. The Morgan fingerprint density at radius 1 is 0.750 bits per heavy atom. The molecular formula is C35H55N3O8S2. The molecule has 2 fully saturated rings. The highest BCUT2D eigenvalue weighted by atomic mass is 32.1. The molecule has 0 aliphatic carbocycles.